The summed E-state index contributed by atoms with van der Waals surface area (Å²) in [6.07, 6.45) is -0.657. The summed E-state index contributed by atoms with van der Waals surface area (Å²) >= 11 is 0. The molecule has 1 fully saturated rings. The SMILES string of the molecule is CCOC(=O)C(C)c1ccc(OC)c(-c2ccc(C)cc2CN2C(=O)O[C@H](c3ccccc3)[C@@H]2C)c1. The van der Waals surface area contributed by atoms with E-state index in [-0.39, 0.29) is 24.2 Å². The molecular weight excluding hydrogens is 454 g/mol. The van der Waals surface area contributed by atoms with Crippen molar-refractivity contribution in [1.82, 2.24) is 4.90 Å². The van der Waals surface area contributed by atoms with E-state index in [4.69, 9.17) is 14.2 Å². The van der Waals surface area contributed by atoms with E-state index < -0.39 is 5.92 Å². The van der Waals surface area contributed by atoms with Crippen LogP contribution in [0, 0.1) is 6.92 Å². The van der Waals surface area contributed by atoms with Crippen LogP contribution in [0.2, 0.25) is 0 Å². The predicted molar refractivity (Wildman–Crippen MR) is 139 cm³/mol. The second-order valence-corrected chi connectivity index (χ2v) is 9.18. The van der Waals surface area contributed by atoms with Crippen LogP contribution >= 0.6 is 0 Å². The molecule has 6 nitrogen and oxygen atoms in total. The van der Waals surface area contributed by atoms with Crippen molar-refractivity contribution in [3.05, 3.63) is 89.0 Å². The van der Waals surface area contributed by atoms with Gasteiger partial charge in [0.2, 0.25) is 0 Å². The molecule has 3 aromatic carbocycles. The molecule has 1 amide bonds. The number of cyclic esters (lactones) is 1. The second kappa shape index (κ2) is 10.9. The average Bonchev–Trinajstić information content (AvgIpc) is 3.17. The number of carbonyl (C=O) groups is 2. The van der Waals surface area contributed by atoms with Gasteiger partial charge in [-0.15, -0.1) is 0 Å². The number of hydrogen-bond donors (Lipinski definition) is 0. The van der Waals surface area contributed by atoms with Crippen molar-refractivity contribution in [2.45, 2.75) is 52.3 Å². The van der Waals surface area contributed by atoms with Crippen molar-refractivity contribution in [3.8, 4) is 16.9 Å². The first-order valence-electron chi connectivity index (χ1n) is 12.3. The highest BCUT2D eigenvalue weighted by Crippen LogP contribution is 2.38. The second-order valence-electron chi connectivity index (χ2n) is 9.18. The van der Waals surface area contributed by atoms with Gasteiger partial charge in [0.15, 0.2) is 0 Å². The number of methoxy groups -OCH3 is 1. The maximum Gasteiger partial charge on any atom is 0.411 e. The van der Waals surface area contributed by atoms with E-state index in [1.807, 2.05) is 81.4 Å². The lowest BCUT2D eigenvalue weighted by atomic mass is 9.92. The van der Waals surface area contributed by atoms with Gasteiger partial charge < -0.3 is 14.2 Å². The van der Waals surface area contributed by atoms with E-state index in [0.29, 0.717) is 18.9 Å². The van der Waals surface area contributed by atoms with Gasteiger partial charge in [-0.05, 0) is 62.1 Å². The highest BCUT2D eigenvalue weighted by molar-refractivity contribution is 5.81. The van der Waals surface area contributed by atoms with E-state index in [0.717, 1.165) is 33.4 Å². The standard InChI is InChI=1S/C30H33NO5/c1-6-35-29(32)20(3)23-13-15-27(34-5)26(17-23)25-14-12-19(2)16-24(25)18-31-21(4)28(36-30(31)33)22-10-8-7-9-11-22/h7-17,20-21,28H,6,18H2,1-5H3/t20?,21-,28-/m0/s1. The summed E-state index contributed by atoms with van der Waals surface area (Å²) in [7, 11) is 1.63. The molecule has 1 heterocycles. The molecule has 1 aliphatic rings. The monoisotopic (exact) mass is 487 g/mol. The van der Waals surface area contributed by atoms with Gasteiger partial charge in [-0.1, -0.05) is 60.2 Å². The van der Waals surface area contributed by atoms with Crippen LogP contribution in [-0.2, 0) is 20.8 Å². The summed E-state index contributed by atoms with van der Waals surface area (Å²) < 4.78 is 16.7. The lowest BCUT2D eigenvalue weighted by Crippen LogP contribution is -2.31. The minimum Gasteiger partial charge on any atom is -0.496 e. The molecule has 0 aliphatic carbocycles. The molecule has 3 aromatic rings. The van der Waals surface area contributed by atoms with Crippen molar-refractivity contribution >= 4 is 12.1 Å². The van der Waals surface area contributed by atoms with Crippen molar-refractivity contribution in [2.75, 3.05) is 13.7 Å². The quantitative estimate of drug-likeness (QED) is 0.343. The number of nitrogens with zero attached hydrogens (tertiary/aromatic N) is 1. The number of hydrogen-bond acceptors (Lipinski definition) is 5. The zero-order chi connectivity index (χ0) is 25.8. The number of benzene rings is 3. The summed E-state index contributed by atoms with van der Waals surface area (Å²) in [6.45, 7) is 8.41. The van der Waals surface area contributed by atoms with Crippen molar-refractivity contribution < 1.29 is 23.8 Å². The van der Waals surface area contributed by atoms with Gasteiger partial charge in [0, 0.05) is 5.56 Å². The molecule has 6 heteroatoms. The molecule has 3 atom stereocenters. The van der Waals surface area contributed by atoms with Gasteiger partial charge in [-0.25, -0.2) is 4.79 Å². The molecule has 0 aromatic heterocycles. The molecule has 4 rings (SSSR count). The van der Waals surface area contributed by atoms with E-state index in [1.54, 1.807) is 18.9 Å². The Hall–Kier alpha value is -3.80. The Morgan fingerprint density at radius 1 is 1.06 bits per heavy atom. The summed E-state index contributed by atoms with van der Waals surface area (Å²) in [5.74, 6) is 0.0150. The Bertz CT molecular complexity index is 1240. The predicted octanol–water partition coefficient (Wildman–Crippen LogP) is 6.42. The molecule has 36 heavy (non-hydrogen) atoms. The summed E-state index contributed by atoms with van der Waals surface area (Å²) in [4.78, 5) is 27.1. The Morgan fingerprint density at radius 3 is 2.50 bits per heavy atom. The third kappa shape index (κ3) is 5.08. The average molecular weight is 488 g/mol. The molecule has 1 unspecified atom stereocenters. The van der Waals surface area contributed by atoms with Crippen LogP contribution in [0.25, 0.3) is 11.1 Å². The fourth-order valence-electron chi connectivity index (χ4n) is 4.71. The van der Waals surface area contributed by atoms with Crippen molar-refractivity contribution in [3.63, 3.8) is 0 Å². The third-order valence-corrected chi connectivity index (χ3v) is 6.78. The number of aryl methyl sites for hydroxylation is 1. The van der Waals surface area contributed by atoms with E-state index in [9.17, 15) is 9.59 Å². The number of ether oxygens (including phenoxy) is 3. The van der Waals surface area contributed by atoms with Crippen molar-refractivity contribution in [2.24, 2.45) is 0 Å². The third-order valence-electron chi connectivity index (χ3n) is 6.78. The van der Waals surface area contributed by atoms with Crippen LogP contribution in [0.4, 0.5) is 4.79 Å². The fraction of sp³-hybridized carbons (Fsp3) is 0.333. The number of carbonyl (C=O) groups excluding carboxylic acids is 2. The number of amides is 1. The summed E-state index contributed by atoms with van der Waals surface area (Å²) in [5, 5.41) is 0. The smallest absolute Gasteiger partial charge is 0.411 e. The molecule has 0 spiro atoms. The lowest BCUT2D eigenvalue weighted by molar-refractivity contribution is -0.144. The fourth-order valence-corrected chi connectivity index (χ4v) is 4.71. The Labute approximate surface area is 212 Å². The van der Waals surface area contributed by atoms with Crippen LogP contribution in [0.5, 0.6) is 5.75 Å². The molecular formula is C30H33NO5. The molecule has 1 saturated heterocycles. The van der Waals surface area contributed by atoms with Gasteiger partial charge in [0.25, 0.3) is 0 Å². The minimum atomic E-state index is -0.413. The Kier molecular flexibility index (Phi) is 7.63. The van der Waals surface area contributed by atoms with Crippen LogP contribution in [0.3, 0.4) is 0 Å². The van der Waals surface area contributed by atoms with Gasteiger partial charge in [-0.3, -0.25) is 9.69 Å². The van der Waals surface area contributed by atoms with E-state index in [1.165, 1.54) is 0 Å². The molecule has 0 bridgehead atoms. The molecule has 188 valence electrons. The summed E-state index contributed by atoms with van der Waals surface area (Å²) in [6, 6.07) is 21.6. The highest BCUT2D eigenvalue weighted by Gasteiger charge is 2.39. The first kappa shape index (κ1) is 25.3. The largest absolute Gasteiger partial charge is 0.496 e. The Balaban J connectivity index is 1.70. The number of esters is 1. The van der Waals surface area contributed by atoms with Gasteiger partial charge in [0.05, 0.1) is 32.2 Å². The van der Waals surface area contributed by atoms with Crippen LogP contribution in [0.1, 0.15) is 55.0 Å². The topological polar surface area (TPSA) is 65.1 Å². The van der Waals surface area contributed by atoms with Crippen LogP contribution < -0.4 is 4.74 Å². The zero-order valence-electron chi connectivity index (χ0n) is 21.5. The van der Waals surface area contributed by atoms with Gasteiger partial charge in [0.1, 0.15) is 11.9 Å². The first-order chi connectivity index (χ1) is 17.3. The molecule has 0 saturated carbocycles. The maximum atomic E-state index is 12.9. The normalized spacial score (nSPS) is 18.0. The molecule has 0 radical (unpaired) electrons. The van der Waals surface area contributed by atoms with Crippen LogP contribution in [0.15, 0.2) is 66.7 Å². The minimum absolute atomic E-state index is 0.134. The van der Waals surface area contributed by atoms with Crippen molar-refractivity contribution in [1.29, 1.82) is 0 Å². The van der Waals surface area contributed by atoms with Crippen LogP contribution in [-0.4, -0.2) is 36.7 Å². The zero-order valence-corrected chi connectivity index (χ0v) is 21.5. The number of rotatable bonds is 8. The van der Waals surface area contributed by atoms with Gasteiger partial charge in [-0.2, -0.15) is 0 Å². The summed E-state index contributed by atoms with van der Waals surface area (Å²) in [5.41, 5.74) is 5.69. The van der Waals surface area contributed by atoms with E-state index >= 15 is 0 Å². The molecule has 1 aliphatic heterocycles. The van der Waals surface area contributed by atoms with Gasteiger partial charge >= 0.3 is 12.1 Å². The molecule has 0 N–H and O–H groups in total. The highest BCUT2D eigenvalue weighted by atomic mass is 16.6. The maximum absolute atomic E-state index is 12.9. The van der Waals surface area contributed by atoms with E-state index in [2.05, 4.69) is 6.07 Å². The Morgan fingerprint density at radius 2 is 1.81 bits per heavy atom. The first-order valence-corrected chi connectivity index (χ1v) is 12.3. The lowest BCUT2D eigenvalue weighted by Gasteiger charge is -2.23.